The lowest BCUT2D eigenvalue weighted by molar-refractivity contribution is -0.124. The van der Waals surface area contributed by atoms with Gasteiger partial charge in [-0.3, -0.25) is 4.79 Å². The van der Waals surface area contributed by atoms with E-state index in [9.17, 15) is 9.59 Å². The number of rotatable bonds is 5. The number of nitrogens with one attached hydrogen (secondary N) is 1. The lowest BCUT2D eigenvalue weighted by atomic mass is 10.00. The van der Waals surface area contributed by atoms with E-state index in [2.05, 4.69) is 21.2 Å². The number of esters is 1. The van der Waals surface area contributed by atoms with Crippen molar-refractivity contribution in [3.8, 4) is 0 Å². The normalized spacial score (nSPS) is 11.9. The molecule has 0 aliphatic heterocycles. The monoisotopic (exact) mass is 401 g/mol. The van der Waals surface area contributed by atoms with Gasteiger partial charge in [0.15, 0.2) is 11.3 Å². The van der Waals surface area contributed by atoms with Crippen LogP contribution in [0.1, 0.15) is 29.1 Å². The van der Waals surface area contributed by atoms with Gasteiger partial charge in [-0.05, 0) is 51.3 Å². The van der Waals surface area contributed by atoms with Crippen LogP contribution in [0, 0.1) is 0 Å². The molecule has 0 fully saturated rings. The van der Waals surface area contributed by atoms with Crippen molar-refractivity contribution in [2.45, 2.75) is 13.0 Å². The maximum Gasteiger partial charge on any atom is 0.374 e. The molecular formula is C19H16BrNO4. The Hall–Kier alpha value is -2.60. The highest BCUT2D eigenvalue weighted by molar-refractivity contribution is 9.10. The fourth-order valence-corrected chi connectivity index (χ4v) is 2.92. The molecule has 6 heteroatoms. The minimum absolute atomic E-state index is 0.0433. The number of fused-ring (bicyclic) bond motifs is 1. The fourth-order valence-electron chi connectivity index (χ4n) is 2.62. The molecule has 3 aromatic rings. The lowest BCUT2D eigenvalue weighted by Crippen LogP contribution is -2.31. The van der Waals surface area contributed by atoms with E-state index in [4.69, 9.17) is 9.15 Å². The summed E-state index contributed by atoms with van der Waals surface area (Å²) in [6, 6.07) is 16.8. The smallest absolute Gasteiger partial charge is 0.374 e. The van der Waals surface area contributed by atoms with Crippen molar-refractivity contribution in [3.63, 3.8) is 0 Å². The van der Waals surface area contributed by atoms with Crippen molar-refractivity contribution >= 4 is 38.6 Å². The van der Waals surface area contributed by atoms with Crippen molar-refractivity contribution in [1.82, 2.24) is 5.32 Å². The zero-order valence-corrected chi connectivity index (χ0v) is 15.1. The van der Waals surface area contributed by atoms with Gasteiger partial charge in [0.2, 0.25) is 5.76 Å². The number of benzene rings is 2. The SMILES string of the molecule is C[C@@H](NC(=O)COC(=O)c1ccc(Br)o1)c1cccc2ccccc12. The maximum absolute atomic E-state index is 12.1. The molecule has 0 saturated heterocycles. The number of carbonyl (C=O) groups is 2. The van der Waals surface area contributed by atoms with Crippen LogP contribution in [0.15, 0.2) is 63.7 Å². The van der Waals surface area contributed by atoms with Crippen LogP contribution in [-0.2, 0) is 9.53 Å². The second-order valence-electron chi connectivity index (χ2n) is 5.54. The third-order valence-corrected chi connectivity index (χ3v) is 4.20. The predicted molar refractivity (Wildman–Crippen MR) is 97.2 cm³/mol. The summed E-state index contributed by atoms with van der Waals surface area (Å²) in [5, 5.41) is 5.03. The summed E-state index contributed by atoms with van der Waals surface area (Å²) in [7, 11) is 0. The number of ether oxygens (including phenoxy) is 1. The molecule has 5 nitrogen and oxygen atoms in total. The summed E-state index contributed by atoms with van der Waals surface area (Å²) in [6.45, 7) is 1.53. The first-order chi connectivity index (χ1) is 12.0. The first-order valence-electron chi connectivity index (χ1n) is 7.74. The summed E-state index contributed by atoms with van der Waals surface area (Å²) in [4.78, 5) is 23.9. The summed E-state index contributed by atoms with van der Waals surface area (Å²) in [5.74, 6) is -1.01. The van der Waals surface area contributed by atoms with Crippen LogP contribution in [-0.4, -0.2) is 18.5 Å². The molecule has 1 heterocycles. The van der Waals surface area contributed by atoms with Gasteiger partial charge >= 0.3 is 5.97 Å². The van der Waals surface area contributed by atoms with Crippen molar-refractivity contribution in [3.05, 3.63) is 70.6 Å². The molecular weight excluding hydrogens is 386 g/mol. The highest BCUT2D eigenvalue weighted by Gasteiger charge is 2.16. The molecule has 0 aliphatic rings. The number of hydrogen-bond acceptors (Lipinski definition) is 4. The zero-order chi connectivity index (χ0) is 17.8. The summed E-state index contributed by atoms with van der Waals surface area (Å²) in [6.07, 6.45) is 0. The molecule has 0 aliphatic carbocycles. The van der Waals surface area contributed by atoms with Crippen LogP contribution < -0.4 is 5.32 Å². The van der Waals surface area contributed by atoms with E-state index in [1.54, 1.807) is 6.07 Å². The van der Waals surface area contributed by atoms with Crippen LogP contribution in [0.2, 0.25) is 0 Å². The van der Waals surface area contributed by atoms with E-state index in [-0.39, 0.29) is 24.3 Å². The van der Waals surface area contributed by atoms with E-state index < -0.39 is 5.97 Å². The average molecular weight is 402 g/mol. The van der Waals surface area contributed by atoms with Gasteiger partial charge in [0.25, 0.3) is 5.91 Å². The second-order valence-corrected chi connectivity index (χ2v) is 6.32. The Kier molecular flexibility index (Phi) is 5.19. The Morgan fingerprint density at radius 1 is 1.12 bits per heavy atom. The second kappa shape index (κ2) is 7.53. The molecule has 25 heavy (non-hydrogen) atoms. The summed E-state index contributed by atoms with van der Waals surface area (Å²) >= 11 is 3.11. The van der Waals surface area contributed by atoms with E-state index in [1.165, 1.54) is 6.07 Å². The molecule has 1 N–H and O–H groups in total. The van der Waals surface area contributed by atoms with Crippen LogP contribution in [0.25, 0.3) is 10.8 Å². The molecule has 0 unspecified atom stereocenters. The van der Waals surface area contributed by atoms with Gasteiger partial charge in [0, 0.05) is 0 Å². The standard InChI is InChI=1S/C19H16BrNO4/c1-12(14-8-4-6-13-5-2-3-7-15(13)14)21-18(22)11-24-19(23)16-9-10-17(20)25-16/h2-10,12H,11H2,1H3,(H,21,22)/t12-/m1/s1. The molecule has 128 valence electrons. The van der Waals surface area contributed by atoms with Crippen LogP contribution in [0.4, 0.5) is 0 Å². The van der Waals surface area contributed by atoms with Gasteiger partial charge in [-0.1, -0.05) is 42.5 Å². The highest BCUT2D eigenvalue weighted by atomic mass is 79.9. The van der Waals surface area contributed by atoms with E-state index >= 15 is 0 Å². The van der Waals surface area contributed by atoms with Crippen LogP contribution in [0.5, 0.6) is 0 Å². The minimum Gasteiger partial charge on any atom is -0.450 e. The largest absolute Gasteiger partial charge is 0.450 e. The summed E-state index contributed by atoms with van der Waals surface area (Å²) < 4.78 is 10.5. The van der Waals surface area contributed by atoms with E-state index in [0.717, 1.165) is 16.3 Å². The van der Waals surface area contributed by atoms with E-state index in [1.807, 2.05) is 49.4 Å². The van der Waals surface area contributed by atoms with E-state index in [0.29, 0.717) is 4.67 Å². The van der Waals surface area contributed by atoms with Gasteiger partial charge in [0.05, 0.1) is 6.04 Å². The molecule has 0 radical (unpaired) electrons. The molecule has 1 atom stereocenters. The zero-order valence-electron chi connectivity index (χ0n) is 13.5. The summed E-state index contributed by atoms with van der Waals surface area (Å²) in [5.41, 5.74) is 1.01. The van der Waals surface area contributed by atoms with Crippen molar-refractivity contribution < 1.29 is 18.7 Å². The number of amides is 1. The number of halogens is 1. The average Bonchev–Trinajstić information content (AvgIpc) is 3.05. The number of furan rings is 1. The van der Waals surface area contributed by atoms with Gasteiger partial charge in [-0.25, -0.2) is 4.79 Å². The van der Waals surface area contributed by atoms with Crippen molar-refractivity contribution in [2.75, 3.05) is 6.61 Å². The molecule has 0 bridgehead atoms. The van der Waals surface area contributed by atoms with Gasteiger partial charge in [0.1, 0.15) is 0 Å². The lowest BCUT2D eigenvalue weighted by Gasteiger charge is -2.16. The Balaban J connectivity index is 1.61. The highest BCUT2D eigenvalue weighted by Crippen LogP contribution is 2.24. The predicted octanol–water partition coefficient (Wildman–Crippen LogP) is 4.23. The van der Waals surface area contributed by atoms with Crippen molar-refractivity contribution in [2.24, 2.45) is 0 Å². The van der Waals surface area contributed by atoms with Crippen LogP contribution >= 0.6 is 15.9 Å². The number of carbonyl (C=O) groups excluding carboxylic acids is 2. The minimum atomic E-state index is -0.682. The third kappa shape index (κ3) is 4.09. The van der Waals surface area contributed by atoms with Crippen LogP contribution in [0.3, 0.4) is 0 Å². The molecule has 1 aromatic heterocycles. The number of hydrogen-bond donors (Lipinski definition) is 1. The van der Waals surface area contributed by atoms with Gasteiger partial charge in [-0.2, -0.15) is 0 Å². The maximum atomic E-state index is 12.1. The van der Waals surface area contributed by atoms with Crippen molar-refractivity contribution in [1.29, 1.82) is 0 Å². The van der Waals surface area contributed by atoms with Gasteiger partial charge < -0.3 is 14.5 Å². The first kappa shape index (κ1) is 17.2. The molecule has 0 spiro atoms. The topological polar surface area (TPSA) is 68.5 Å². The first-order valence-corrected chi connectivity index (χ1v) is 8.53. The Morgan fingerprint density at radius 2 is 1.88 bits per heavy atom. The molecule has 2 aromatic carbocycles. The molecule has 3 rings (SSSR count). The Labute approximate surface area is 153 Å². The van der Waals surface area contributed by atoms with Gasteiger partial charge in [-0.15, -0.1) is 0 Å². The fraction of sp³-hybridized carbons (Fsp3) is 0.158. The molecule has 0 saturated carbocycles. The molecule has 1 amide bonds. The Bertz CT molecular complexity index is 913. The third-order valence-electron chi connectivity index (χ3n) is 3.78. The quantitative estimate of drug-likeness (QED) is 0.649. The Morgan fingerprint density at radius 3 is 2.64 bits per heavy atom.